The SMILES string of the molecule is CCC1CCC(Cl)C(Cc2cnn(C)c2)C1. The van der Waals surface area contributed by atoms with Gasteiger partial charge in [-0.15, -0.1) is 11.6 Å². The molecule has 1 fully saturated rings. The van der Waals surface area contributed by atoms with E-state index in [1.807, 2.05) is 17.9 Å². The molecule has 1 heterocycles. The summed E-state index contributed by atoms with van der Waals surface area (Å²) in [6.45, 7) is 2.29. The summed E-state index contributed by atoms with van der Waals surface area (Å²) in [4.78, 5) is 0. The summed E-state index contributed by atoms with van der Waals surface area (Å²) in [5.41, 5.74) is 1.33. The molecule has 2 nitrogen and oxygen atoms in total. The van der Waals surface area contributed by atoms with Crippen LogP contribution in [0.4, 0.5) is 0 Å². The number of nitrogens with zero attached hydrogens (tertiary/aromatic N) is 2. The van der Waals surface area contributed by atoms with Crippen molar-refractivity contribution in [1.29, 1.82) is 0 Å². The van der Waals surface area contributed by atoms with Gasteiger partial charge in [-0.2, -0.15) is 5.10 Å². The van der Waals surface area contributed by atoms with E-state index in [0.717, 1.165) is 12.3 Å². The van der Waals surface area contributed by atoms with Crippen LogP contribution in [0.25, 0.3) is 0 Å². The molecule has 1 aromatic rings. The van der Waals surface area contributed by atoms with Crippen LogP contribution in [0.5, 0.6) is 0 Å². The average Bonchev–Trinajstić information content (AvgIpc) is 2.67. The van der Waals surface area contributed by atoms with Crippen molar-refractivity contribution >= 4 is 11.6 Å². The number of hydrogen-bond acceptors (Lipinski definition) is 1. The van der Waals surface area contributed by atoms with Crippen molar-refractivity contribution < 1.29 is 0 Å². The number of aryl methyl sites for hydroxylation is 1. The van der Waals surface area contributed by atoms with E-state index < -0.39 is 0 Å². The molecule has 16 heavy (non-hydrogen) atoms. The summed E-state index contributed by atoms with van der Waals surface area (Å²) in [5.74, 6) is 1.53. The largest absolute Gasteiger partial charge is 0.276 e. The number of rotatable bonds is 3. The van der Waals surface area contributed by atoms with Crippen LogP contribution in [0.2, 0.25) is 0 Å². The Morgan fingerprint density at radius 2 is 2.31 bits per heavy atom. The van der Waals surface area contributed by atoms with Gasteiger partial charge < -0.3 is 0 Å². The lowest BCUT2D eigenvalue weighted by molar-refractivity contribution is 0.265. The van der Waals surface area contributed by atoms with E-state index in [4.69, 9.17) is 11.6 Å². The van der Waals surface area contributed by atoms with Crippen LogP contribution < -0.4 is 0 Å². The van der Waals surface area contributed by atoms with Gasteiger partial charge in [-0.25, -0.2) is 0 Å². The van der Waals surface area contributed by atoms with Gasteiger partial charge in [0.05, 0.1) is 6.20 Å². The lowest BCUT2D eigenvalue weighted by Gasteiger charge is -2.32. The molecule has 3 atom stereocenters. The van der Waals surface area contributed by atoms with Crippen LogP contribution in [-0.2, 0) is 13.5 Å². The van der Waals surface area contributed by atoms with Gasteiger partial charge in [0, 0.05) is 18.6 Å². The maximum atomic E-state index is 6.43. The molecular weight excluding hydrogens is 220 g/mol. The van der Waals surface area contributed by atoms with E-state index in [9.17, 15) is 0 Å². The first-order chi connectivity index (χ1) is 7.69. The summed E-state index contributed by atoms with van der Waals surface area (Å²) in [6, 6.07) is 0. The number of aromatic nitrogens is 2. The van der Waals surface area contributed by atoms with E-state index in [1.165, 1.54) is 31.2 Å². The number of hydrogen-bond donors (Lipinski definition) is 0. The molecule has 1 aliphatic carbocycles. The average molecular weight is 241 g/mol. The fourth-order valence-electron chi connectivity index (χ4n) is 2.79. The van der Waals surface area contributed by atoms with E-state index >= 15 is 0 Å². The van der Waals surface area contributed by atoms with Crippen molar-refractivity contribution in [2.45, 2.75) is 44.4 Å². The van der Waals surface area contributed by atoms with Crippen molar-refractivity contribution in [2.24, 2.45) is 18.9 Å². The van der Waals surface area contributed by atoms with Gasteiger partial charge in [-0.1, -0.05) is 13.3 Å². The molecule has 0 aromatic carbocycles. The second-order valence-electron chi connectivity index (χ2n) is 5.09. The molecule has 0 saturated heterocycles. The smallest absolute Gasteiger partial charge is 0.0521 e. The molecule has 1 aliphatic rings. The Morgan fingerprint density at radius 1 is 1.50 bits per heavy atom. The third kappa shape index (κ3) is 2.79. The van der Waals surface area contributed by atoms with Crippen molar-refractivity contribution in [1.82, 2.24) is 9.78 Å². The maximum absolute atomic E-state index is 6.43. The van der Waals surface area contributed by atoms with Gasteiger partial charge in [-0.05, 0) is 43.1 Å². The van der Waals surface area contributed by atoms with Crippen LogP contribution in [-0.4, -0.2) is 15.2 Å². The van der Waals surface area contributed by atoms with Crippen LogP contribution >= 0.6 is 11.6 Å². The monoisotopic (exact) mass is 240 g/mol. The highest BCUT2D eigenvalue weighted by Gasteiger charge is 2.28. The standard InChI is InChI=1S/C13H21ClN2/c1-3-10-4-5-13(14)12(6-10)7-11-8-15-16(2)9-11/h8-10,12-13H,3-7H2,1-2H3. The van der Waals surface area contributed by atoms with Gasteiger partial charge in [0.25, 0.3) is 0 Å². The highest BCUT2D eigenvalue weighted by molar-refractivity contribution is 6.20. The zero-order valence-electron chi connectivity index (χ0n) is 10.2. The van der Waals surface area contributed by atoms with Crippen molar-refractivity contribution in [3.05, 3.63) is 18.0 Å². The van der Waals surface area contributed by atoms with Gasteiger partial charge in [0.1, 0.15) is 0 Å². The Kier molecular flexibility index (Phi) is 3.91. The van der Waals surface area contributed by atoms with Crippen molar-refractivity contribution in [3.8, 4) is 0 Å². The summed E-state index contributed by atoms with van der Waals surface area (Å²) in [7, 11) is 1.97. The second-order valence-corrected chi connectivity index (χ2v) is 5.65. The first-order valence-corrected chi connectivity index (χ1v) is 6.74. The molecule has 3 unspecified atom stereocenters. The fourth-order valence-corrected chi connectivity index (χ4v) is 3.10. The van der Waals surface area contributed by atoms with E-state index in [-0.39, 0.29) is 0 Å². The topological polar surface area (TPSA) is 17.8 Å². The van der Waals surface area contributed by atoms with E-state index in [2.05, 4.69) is 18.2 Å². The summed E-state index contributed by atoms with van der Waals surface area (Å²) in [5, 5.41) is 4.58. The molecule has 1 aromatic heterocycles. The molecule has 3 heteroatoms. The molecular formula is C13H21ClN2. The predicted molar refractivity (Wildman–Crippen MR) is 67.7 cm³/mol. The third-order valence-corrected chi connectivity index (χ3v) is 4.41. The zero-order chi connectivity index (χ0) is 11.5. The Balaban J connectivity index is 1.96. The maximum Gasteiger partial charge on any atom is 0.0521 e. The number of halogens is 1. The molecule has 0 aliphatic heterocycles. The van der Waals surface area contributed by atoms with E-state index in [1.54, 1.807) is 0 Å². The fraction of sp³-hybridized carbons (Fsp3) is 0.769. The Hall–Kier alpha value is -0.500. The molecule has 0 amide bonds. The first kappa shape index (κ1) is 12.0. The van der Waals surface area contributed by atoms with Crippen molar-refractivity contribution in [3.63, 3.8) is 0 Å². The minimum Gasteiger partial charge on any atom is -0.276 e. The molecule has 2 rings (SSSR count). The third-order valence-electron chi connectivity index (χ3n) is 3.83. The quantitative estimate of drug-likeness (QED) is 0.741. The van der Waals surface area contributed by atoms with Crippen LogP contribution in [0.3, 0.4) is 0 Å². The normalized spacial score (nSPS) is 30.6. The molecule has 0 bridgehead atoms. The minimum absolute atomic E-state index is 0.364. The highest BCUT2D eigenvalue weighted by Crippen LogP contribution is 2.36. The van der Waals surface area contributed by atoms with E-state index in [0.29, 0.717) is 11.3 Å². The summed E-state index contributed by atoms with van der Waals surface area (Å²) >= 11 is 6.43. The highest BCUT2D eigenvalue weighted by atomic mass is 35.5. The first-order valence-electron chi connectivity index (χ1n) is 6.30. The number of alkyl halides is 1. The Bertz CT molecular complexity index is 334. The second kappa shape index (κ2) is 5.22. The van der Waals surface area contributed by atoms with Gasteiger partial charge >= 0.3 is 0 Å². The Labute approximate surface area is 103 Å². The van der Waals surface area contributed by atoms with Gasteiger partial charge in [0.2, 0.25) is 0 Å². The summed E-state index contributed by atoms with van der Waals surface area (Å²) < 4.78 is 1.87. The van der Waals surface area contributed by atoms with Crippen LogP contribution in [0, 0.1) is 11.8 Å². The summed E-state index contributed by atoms with van der Waals surface area (Å²) in [6.07, 6.45) is 10.3. The lowest BCUT2D eigenvalue weighted by atomic mass is 9.77. The minimum atomic E-state index is 0.364. The Morgan fingerprint density at radius 3 is 2.94 bits per heavy atom. The molecule has 0 radical (unpaired) electrons. The molecule has 0 spiro atoms. The predicted octanol–water partition coefficient (Wildman–Crippen LogP) is 3.40. The van der Waals surface area contributed by atoms with Crippen LogP contribution in [0.15, 0.2) is 12.4 Å². The zero-order valence-corrected chi connectivity index (χ0v) is 11.0. The molecule has 90 valence electrons. The van der Waals surface area contributed by atoms with Gasteiger partial charge in [-0.3, -0.25) is 4.68 Å². The van der Waals surface area contributed by atoms with Crippen LogP contribution in [0.1, 0.15) is 38.2 Å². The van der Waals surface area contributed by atoms with Gasteiger partial charge in [0.15, 0.2) is 0 Å². The molecule has 1 saturated carbocycles. The molecule has 0 N–H and O–H groups in total. The van der Waals surface area contributed by atoms with Crippen molar-refractivity contribution in [2.75, 3.05) is 0 Å². The lowest BCUT2D eigenvalue weighted by Crippen LogP contribution is -2.26.